The molecule has 1 aromatic heterocycles. The fourth-order valence-corrected chi connectivity index (χ4v) is 3.82. The molecule has 6 nitrogen and oxygen atoms in total. The SMILES string of the molecule is NNc1ncnc(N2CCN(C3CCCC3)CC2)c1Br. The molecule has 20 heavy (non-hydrogen) atoms. The number of halogens is 1. The molecule has 1 aromatic rings. The van der Waals surface area contributed by atoms with Crippen LogP contribution < -0.4 is 16.2 Å². The Hall–Kier alpha value is -0.920. The number of anilines is 2. The van der Waals surface area contributed by atoms with Gasteiger partial charge in [-0.3, -0.25) is 4.90 Å². The van der Waals surface area contributed by atoms with Crippen LogP contribution >= 0.6 is 15.9 Å². The number of nitrogens with one attached hydrogen (secondary N) is 1. The van der Waals surface area contributed by atoms with Crippen molar-refractivity contribution in [2.45, 2.75) is 31.7 Å². The fourth-order valence-electron chi connectivity index (χ4n) is 3.25. The minimum Gasteiger partial charge on any atom is -0.353 e. The van der Waals surface area contributed by atoms with E-state index in [0.29, 0.717) is 5.82 Å². The average Bonchev–Trinajstić information content (AvgIpc) is 3.02. The van der Waals surface area contributed by atoms with Crippen LogP contribution in [0, 0.1) is 0 Å². The maximum absolute atomic E-state index is 5.46. The lowest BCUT2D eigenvalue weighted by Gasteiger charge is -2.38. The smallest absolute Gasteiger partial charge is 0.159 e. The maximum atomic E-state index is 5.46. The number of nitrogen functional groups attached to an aromatic ring is 1. The first kappa shape index (κ1) is 14.0. The van der Waals surface area contributed by atoms with Gasteiger partial charge >= 0.3 is 0 Å². The van der Waals surface area contributed by atoms with Crippen molar-refractivity contribution >= 4 is 27.6 Å². The first-order valence-corrected chi connectivity index (χ1v) is 8.05. The lowest BCUT2D eigenvalue weighted by Crippen LogP contribution is -2.50. The van der Waals surface area contributed by atoms with Crippen molar-refractivity contribution in [2.75, 3.05) is 36.5 Å². The Labute approximate surface area is 127 Å². The summed E-state index contributed by atoms with van der Waals surface area (Å²) in [5.41, 5.74) is 2.59. The molecule has 1 saturated heterocycles. The third kappa shape index (κ3) is 2.75. The van der Waals surface area contributed by atoms with E-state index in [2.05, 4.69) is 41.1 Å². The van der Waals surface area contributed by atoms with Gasteiger partial charge < -0.3 is 10.3 Å². The Morgan fingerprint density at radius 2 is 1.85 bits per heavy atom. The fraction of sp³-hybridized carbons (Fsp3) is 0.692. The molecule has 1 aliphatic heterocycles. The standard InChI is InChI=1S/C13H21BrN6/c14-11-12(18-15)16-9-17-13(11)20-7-5-19(6-8-20)10-3-1-2-4-10/h9-10H,1-8,15H2,(H,16,17,18). The zero-order valence-electron chi connectivity index (χ0n) is 11.6. The van der Waals surface area contributed by atoms with Crippen molar-refractivity contribution in [3.05, 3.63) is 10.8 Å². The predicted octanol–water partition coefficient (Wildman–Crippen LogP) is 1.59. The lowest BCUT2D eigenvalue weighted by atomic mass is 10.2. The highest BCUT2D eigenvalue weighted by molar-refractivity contribution is 9.10. The Morgan fingerprint density at radius 3 is 2.50 bits per heavy atom. The van der Waals surface area contributed by atoms with Gasteiger partial charge in [-0.05, 0) is 28.8 Å². The minimum absolute atomic E-state index is 0.633. The largest absolute Gasteiger partial charge is 0.353 e. The molecule has 0 atom stereocenters. The van der Waals surface area contributed by atoms with Crippen LogP contribution in [-0.4, -0.2) is 47.1 Å². The van der Waals surface area contributed by atoms with Gasteiger partial charge in [0.2, 0.25) is 0 Å². The van der Waals surface area contributed by atoms with Crippen molar-refractivity contribution < 1.29 is 0 Å². The Balaban J connectivity index is 1.65. The molecule has 0 bridgehead atoms. The van der Waals surface area contributed by atoms with Crippen LogP contribution in [0.2, 0.25) is 0 Å². The summed E-state index contributed by atoms with van der Waals surface area (Å²) in [5, 5.41) is 0. The van der Waals surface area contributed by atoms with Crippen LogP contribution in [0.4, 0.5) is 11.6 Å². The molecule has 2 heterocycles. The normalized spacial score (nSPS) is 21.4. The third-order valence-corrected chi connectivity index (χ3v) is 5.09. The monoisotopic (exact) mass is 340 g/mol. The Morgan fingerprint density at radius 1 is 1.15 bits per heavy atom. The van der Waals surface area contributed by atoms with Gasteiger partial charge in [0.25, 0.3) is 0 Å². The van der Waals surface area contributed by atoms with E-state index in [-0.39, 0.29) is 0 Å². The lowest BCUT2D eigenvalue weighted by molar-refractivity contribution is 0.187. The number of piperazine rings is 1. The Bertz CT molecular complexity index is 454. The zero-order chi connectivity index (χ0) is 13.9. The summed E-state index contributed by atoms with van der Waals surface area (Å²) in [6, 6.07) is 0.812. The first-order chi connectivity index (χ1) is 9.79. The molecule has 0 aromatic carbocycles. The molecule has 0 radical (unpaired) electrons. The van der Waals surface area contributed by atoms with Gasteiger partial charge in [0.15, 0.2) is 5.82 Å². The summed E-state index contributed by atoms with van der Waals surface area (Å²) in [6.45, 7) is 4.26. The van der Waals surface area contributed by atoms with E-state index in [0.717, 1.165) is 42.5 Å². The van der Waals surface area contributed by atoms with Crippen LogP contribution in [-0.2, 0) is 0 Å². The summed E-state index contributed by atoms with van der Waals surface area (Å²) in [7, 11) is 0. The number of aromatic nitrogens is 2. The number of hydrogen-bond donors (Lipinski definition) is 2. The average molecular weight is 341 g/mol. The number of nitrogens with two attached hydrogens (primary N) is 1. The summed E-state index contributed by atoms with van der Waals surface area (Å²) in [4.78, 5) is 13.4. The van der Waals surface area contributed by atoms with Gasteiger partial charge in [-0.2, -0.15) is 0 Å². The molecule has 2 fully saturated rings. The molecule has 0 amide bonds. The summed E-state index contributed by atoms with van der Waals surface area (Å²) in [6.07, 6.45) is 7.09. The number of nitrogens with zero attached hydrogens (tertiary/aromatic N) is 4. The molecule has 2 aliphatic rings. The second-order valence-electron chi connectivity index (χ2n) is 5.47. The molecule has 3 N–H and O–H groups in total. The predicted molar refractivity (Wildman–Crippen MR) is 83.6 cm³/mol. The number of hydrogen-bond acceptors (Lipinski definition) is 6. The van der Waals surface area contributed by atoms with Crippen LogP contribution in [0.15, 0.2) is 10.8 Å². The van der Waals surface area contributed by atoms with E-state index in [1.807, 2.05) is 0 Å². The molecule has 1 aliphatic carbocycles. The third-order valence-electron chi connectivity index (χ3n) is 4.36. The highest BCUT2D eigenvalue weighted by Crippen LogP contribution is 2.30. The van der Waals surface area contributed by atoms with Gasteiger partial charge in [0.05, 0.1) is 0 Å². The van der Waals surface area contributed by atoms with Crippen molar-refractivity contribution in [1.82, 2.24) is 14.9 Å². The molecule has 0 spiro atoms. The van der Waals surface area contributed by atoms with Crippen LogP contribution in [0.3, 0.4) is 0 Å². The second kappa shape index (κ2) is 6.24. The molecule has 3 rings (SSSR count). The minimum atomic E-state index is 0.633. The molecular weight excluding hydrogens is 320 g/mol. The van der Waals surface area contributed by atoms with E-state index >= 15 is 0 Å². The highest BCUT2D eigenvalue weighted by Gasteiger charge is 2.27. The summed E-state index contributed by atoms with van der Waals surface area (Å²) < 4.78 is 0.844. The van der Waals surface area contributed by atoms with Gasteiger partial charge in [-0.15, -0.1) is 0 Å². The zero-order valence-corrected chi connectivity index (χ0v) is 13.1. The molecule has 110 valence electrons. The van der Waals surface area contributed by atoms with Gasteiger partial charge in [-0.1, -0.05) is 12.8 Å². The van der Waals surface area contributed by atoms with Crippen molar-refractivity contribution in [3.63, 3.8) is 0 Å². The highest BCUT2D eigenvalue weighted by atomic mass is 79.9. The number of rotatable bonds is 3. The van der Waals surface area contributed by atoms with Crippen LogP contribution in [0.1, 0.15) is 25.7 Å². The summed E-state index contributed by atoms with van der Waals surface area (Å²) in [5.74, 6) is 7.02. The van der Waals surface area contributed by atoms with E-state index in [9.17, 15) is 0 Å². The van der Waals surface area contributed by atoms with Crippen molar-refractivity contribution in [2.24, 2.45) is 5.84 Å². The van der Waals surface area contributed by atoms with Crippen molar-refractivity contribution in [3.8, 4) is 0 Å². The summed E-state index contributed by atoms with van der Waals surface area (Å²) >= 11 is 3.54. The van der Waals surface area contributed by atoms with Crippen LogP contribution in [0.5, 0.6) is 0 Å². The van der Waals surface area contributed by atoms with Crippen molar-refractivity contribution in [1.29, 1.82) is 0 Å². The Kier molecular flexibility index (Phi) is 4.38. The van der Waals surface area contributed by atoms with E-state index < -0.39 is 0 Å². The van der Waals surface area contributed by atoms with E-state index in [1.165, 1.54) is 25.7 Å². The quantitative estimate of drug-likeness (QED) is 0.643. The topological polar surface area (TPSA) is 70.3 Å². The maximum Gasteiger partial charge on any atom is 0.159 e. The molecule has 1 saturated carbocycles. The molecular formula is C13H21BrN6. The van der Waals surface area contributed by atoms with Gasteiger partial charge in [0, 0.05) is 32.2 Å². The van der Waals surface area contributed by atoms with E-state index in [1.54, 1.807) is 6.33 Å². The van der Waals surface area contributed by atoms with Gasteiger partial charge in [0.1, 0.15) is 16.6 Å². The molecule has 0 unspecified atom stereocenters. The van der Waals surface area contributed by atoms with Crippen LogP contribution in [0.25, 0.3) is 0 Å². The molecule has 7 heteroatoms. The van der Waals surface area contributed by atoms with E-state index in [4.69, 9.17) is 5.84 Å². The number of hydrazine groups is 1. The second-order valence-corrected chi connectivity index (χ2v) is 6.26. The first-order valence-electron chi connectivity index (χ1n) is 7.25. The van der Waals surface area contributed by atoms with Gasteiger partial charge in [-0.25, -0.2) is 15.8 Å².